The second kappa shape index (κ2) is 7.02. The molecule has 3 rings (SSSR count). The van der Waals surface area contributed by atoms with Crippen LogP contribution in [0.25, 0.3) is 0 Å². The summed E-state index contributed by atoms with van der Waals surface area (Å²) < 4.78 is 49.1. The van der Waals surface area contributed by atoms with Crippen molar-refractivity contribution >= 4 is 5.71 Å². The monoisotopic (exact) mass is 363 g/mol. The molecule has 1 atom stereocenters. The minimum absolute atomic E-state index is 0.130. The van der Waals surface area contributed by atoms with E-state index in [0.29, 0.717) is 18.0 Å². The maximum absolute atomic E-state index is 12.8. The molecule has 1 aliphatic heterocycles. The average molecular weight is 363 g/mol. The van der Waals surface area contributed by atoms with Crippen molar-refractivity contribution in [3.63, 3.8) is 0 Å². The summed E-state index contributed by atoms with van der Waals surface area (Å²) in [5.74, 6) is 1.14. The predicted octanol–water partition coefficient (Wildman–Crippen LogP) is 4.87. The summed E-state index contributed by atoms with van der Waals surface area (Å²) >= 11 is 0. The standard InChI is InChI=1S/C20H20F3NO2/c1-12(13-4-6-15(7-5-13)20(21,22)23)19-16-11-18(26-3)17(25-2)10-14(16)8-9-24-19/h4-7,10-12H,8-9H2,1-3H3/t12-/m0/s1. The number of hydrogen-bond acceptors (Lipinski definition) is 3. The highest BCUT2D eigenvalue weighted by molar-refractivity contribution is 6.07. The van der Waals surface area contributed by atoms with Gasteiger partial charge in [-0.25, -0.2) is 0 Å². The Kier molecular flexibility index (Phi) is 4.94. The van der Waals surface area contributed by atoms with Crippen LogP contribution in [0.2, 0.25) is 0 Å². The topological polar surface area (TPSA) is 30.8 Å². The van der Waals surface area contributed by atoms with Gasteiger partial charge in [-0.05, 0) is 41.8 Å². The number of halogens is 3. The number of alkyl halides is 3. The van der Waals surface area contributed by atoms with Crippen LogP contribution in [0.3, 0.4) is 0 Å². The van der Waals surface area contributed by atoms with E-state index in [1.54, 1.807) is 14.2 Å². The molecule has 0 spiro atoms. The molecule has 0 bridgehead atoms. The van der Waals surface area contributed by atoms with Gasteiger partial charge in [-0.15, -0.1) is 0 Å². The summed E-state index contributed by atoms with van der Waals surface area (Å²) in [5.41, 5.74) is 3.06. The summed E-state index contributed by atoms with van der Waals surface area (Å²) in [6.45, 7) is 2.59. The smallest absolute Gasteiger partial charge is 0.416 e. The van der Waals surface area contributed by atoms with Crippen LogP contribution in [0, 0.1) is 0 Å². The zero-order chi connectivity index (χ0) is 18.9. The van der Waals surface area contributed by atoms with Crippen molar-refractivity contribution in [3.05, 3.63) is 58.7 Å². The van der Waals surface area contributed by atoms with Crippen molar-refractivity contribution in [3.8, 4) is 11.5 Å². The highest BCUT2D eigenvalue weighted by Crippen LogP contribution is 2.36. The average Bonchev–Trinajstić information content (AvgIpc) is 2.65. The number of hydrogen-bond donors (Lipinski definition) is 0. The third-order valence-electron chi connectivity index (χ3n) is 4.70. The molecule has 0 N–H and O–H groups in total. The molecule has 0 radical (unpaired) electrons. The van der Waals surface area contributed by atoms with Gasteiger partial charge in [0.15, 0.2) is 11.5 Å². The van der Waals surface area contributed by atoms with Crippen LogP contribution in [0.1, 0.15) is 35.1 Å². The van der Waals surface area contributed by atoms with Crippen molar-refractivity contribution in [2.45, 2.75) is 25.4 Å². The van der Waals surface area contributed by atoms with Crippen molar-refractivity contribution in [1.29, 1.82) is 0 Å². The van der Waals surface area contributed by atoms with Crippen LogP contribution < -0.4 is 9.47 Å². The fraction of sp³-hybridized carbons (Fsp3) is 0.350. The Bertz CT molecular complexity index is 826. The van der Waals surface area contributed by atoms with E-state index in [1.165, 1.54) is 12.1 Å². The van der Waals surface area contributed by atoms with E-state index in [2.05, 4.69) is 4.99 Å². The fourth-order valence-corrected chi connectivity index (χ4v) is 3.24. The van der Waals surface area contributed by atoms with E-state index in [9.17, 15) is 13.2 Å². The summed E-state index contributed by atoms with van der Waals surface area (Å²) in [6, 6.07) is 9.11. The van der Waals surface area contributed by atoms with Gasteiger partial charge in [-0.2, -0.15) is 13.2 Å². The normalized spacial score (nSPS) is 15.1. The minimum atomic E-state index is -4.33. The molecule has 26 heavy (non-hydrogen) atoms. The molecule has 6 heteroatoms. The predicted molar refractivity (Wildman–Crippen MR) is 94.5 cm³/mol. The summed E-state index contributed by atoms with van der Waals surface area (Å²) in [5, 5.41) is 0. The molecule has 0 aliphatic carbocycles. The lowest BCUT2D eigenvalue weighted by Crippen LogP contribution is -2.19. The molecule has 2 aromatic carbocycles. The number of methoxy groups -OCH3 is 2. The first-order chi connectivity index (χ1) is 12.3. The fourth-order valence-electron chi connectivity index (χ4n) is 3.24. The van der Waals surface area contributed by atoms with Crippen molar-refractivity contribution in [2.24, 2.45) is 4.99 Å². The van der Waals surface area contributed by atoms with Gasteiger partial charge in [0.2, 0.25) is 0 Å². The van der Waals surface area contributed by atoms with Crippen LogP contribution in [0.15, 0.2) is 41.4 Å². The van der Waals surface area contributed by atoms with Gasteiger partial charge in [-0.1, -0.05) is 19.1 Å². The van der Waals surface area contributed by atoms with Crippen LogP contribution in [0.4, 0.5) is 13.2 Å². The van der Waals surface area contributed by atoms with Crippen LogP contribution in [-0.4, -0.2) is 26.5 Å². The van der Waals surface area contributed by atoms with Gasteiger partial charge >= 0.3 is 6.18 Å². The lowest BCUT2D eigenvalue weighted by molar-refractivity contribution is -0.137. The van der Waals surface area contributed by atoms with Crippen LogP contribution in [-0.2, 0) is 12.6 Å². The molecule has 1 aliphatic rings. The van der Waals surface area contributed by atoms with E-state index in [0.717, 1.165) is 41.0 Å². The Labute approximate surface area is 150 Å². The number of nitrogens with zero attached hydrogens (tertiary/aromatic N) is 1. The molecule has 0 unspecified atom stereocenters. The molecule has 0 saturated carbocycles. The summed E-state index contributed by atoms with van der Waals surface area (Å²) in [4.78, 5) is 4.65. The Hall–Kier alpha value is -2.50. The second-order valence-corrected chi connectivity index (χ2v) is 6.22. The minimum Gasteiger partial charge on any atom is -0.493 e. The van der Waals surface area contributed by atoms with Gasteiger partial charge < -0.3 is 9.47 Å². The largest absolute Gasteiger partial charge is 0.493 e. The quantitative estimate of drug-likeness (QED) is 0.776. The van der Waals surface area contributed by atoms with Crippen molar-refractivity contribution in [2.75, 3.05) is 20.8 Å². The van der Waals surface area contributed by atoms with Gasteiger partial charge in [0.1, 0.15) is 0 Å². The first kappa shape index (κ1) is 18.3. The highest BCUT2D eigenvalue weighted by Gasteiger charge is 2.30. The van der Waals surface area contributed by atoms with Gasteiger partial charge in [0, 0.05) is 23.7 Å². The lowest BCUT2D eigenvalue weighted by atomic mass is 9.86. The van der Waals surface area contributed by atoms with Crippen molar-refractivity contribution in [1.82, 2.24) is 0 Å². The summed E-state index contributed by atoms with van der Waals surface area (Å²) in [7, 11) is 3.16. The lowest BCUT2D eigenvalue weighted by Gasteiger charge is -2.24. The molecule has 138 valence electrons. The van der Waals surface area contributed by atoms with E-state index < -0.39 is 11.7 Å². The maximum Gasteiger partial charge on any atom is 0.416 e. The molecule has 0 amide bonds. The number of aliphatic imine (C=N–C) groups is 1. The number of benzene rings is 2. The zero-order valence-corrected chi connectivity index (χ0v) is 14.9. The third-order valence-corrected chi connectivity index (χ3v) is 4.70. The van der Waals surface area contributed by atoms with E-state index in [-0.39, 0.29) is 5.92 Å². The first-order valence-corrected chi connectivity index (χ1v) is 8.32. The molecular formula is C20H20F3NO2. The molecule has 0 aromatic heterocycles. The van der Waals surface area contributed by atoms with Gasteiger partial charge in [0.25, 0.3) is 0 Å². The second-order valence-electron chi connectivity index (χ2n) is 6.22. The molecule has 3 nitrogen and oxygen atoms in total. The van der Waals surface area contributed by atoms with Gasteiger partial charge in [-0.3, -0.25) is 4.99 Å². The Balaban J connectivity index is 1.96. The maximum atomic E-state index is 12.8. The summed E-state index contributed by atoms with van der Waals surface area (Å²) in [6.07, 6.45) is -3.54. The van der Waals surface area contributed by atoms with E-state index >= 15 is 0 Å². The third kappa shape index (κ3) is 3.41. The zero-order valence-electron chi connectivity index (χ0n) is 14.9. The van der Waals surface area contributed by atoms with E-state index in [4.69, 9.17) is 9.47 Å². The van der Waals surface area contributed by atoms with E-state index in [1.807, 2.05) is 19.1 Å². The number of fused-ring (bicyclic) bond motifs is 1. The van der Waals surface area contributed by atoms with Gasteiger partial charge in [0.05, 0.1) is 19.8 Å². The Morgan fingerprint density at radius 3 is 2.19 bits per heavy atom. The molecular weight excluding hydrogens is 343 g/mol. The Morgan fingerprint density at radius 1 is 1.00 bits per heavy atom. The van der Waals surface area contributed by atoms with Crippen LogP contribution in [0.5, 0.6) is 11.5 Å². The SMILES string of the molecule is COc1cc2c(cc1OC)C([C@@H](C)c1ccc(C(F)(F)F)cc1)=NCC2. The highest BCUT2D eigenvalue weighted by atomic mass is 19.4. The number of ether oxygens (including phenoxy) is 2. The molecule has 0 fully saturated rings. The molecule has 1 heterocycles. The first-order valence-electron chi connectivity index (χ1n) is 8.32. The molecule has 0 saturated heterocycles. The van der Waals surface area contributed by atoms with Crippen LogP contribution >= 0.6 is 0 Å². The van der Waals surface area contributed by atoms with Crippen molar-refractivity contribution < 1.29 is 22.6 Å². The number of rotatable bonds is 4. The molecule has 2 aromatic rings. The Morgan fingerprint density at radius 2 is 1.62 bits per heavy atom.